The van der Waals surface area contributed by atoms with Crippen LogP contribution >= 0.6 is 0 Å². The van der Waals surface area contributed by atoms with Gasteiger partial charge in [-0.2, -0.15) is 0 Å². The fourth-order valence-electron chi connectivity index (χ4n) is 1.82. The maximum absolute atomic E-state index is 11.8. The Morgan fingerprint density at radius 3 is 2.43 bits per heavy atom. The number of nitrogens with two attached hydrogens (primary N) is 2. The number of nitrogen functional groups attached to an aromatic ring is 1. The molecule has 1 aromatic carbocycles. The average Bonchev–Trinajstić information content (AvgIpc) is 2.53. The minimum Gasteiger partial charge on any atom is -0.411 e. The molecule has 0 fully saturated rings. The average molecular weight is 313 g/mol. The van der Waals surface area contributed by atoms with E-state index in [1.165, 1.54) is 6.42 Å². The third-order valence-corrected chi connectivity index (χ3v) is 2.98. The molecule has 0 aliphatic carbocycles. The van der Waals surface area contributed by atoms with Crippen molar-refractivity contribution in [2.45, 2.75) is 13.0 Å². The quantitative estimate of drug-likeness (QED) is 0.739. The lowest BCUT2D eigenvalue weighted by Gasteiger charge is -2.06. The topological polar surface area (TPSA) is 120 Å². The number of amides is 2. The Balaban J connectivity index is 1.75. The Hall–Kier alpha value is -3.09. The van der Waals surface area contributed by atoms with Crippen molar-refractivity contribution in [1.82, 2.24) is 10.3 Å². The molecule has 0 aliphatic heterocycles. The van der Waals surface area contributed by atoms with Crippen LogP contribution in [0.2, 0.25) is 0 Å². The number of hydrogen-bond donors (Lipinski definition) is 3. The van der Waals surface area contributed by atoms with Gasteiger partial charge in [-0.15, -0.1) is 0 Å². The van der Waals surface area contributed by atoms with Crippen LogP contribution in [0.15, 0.2) is 42.6 Å². The largest absolute Gasteiger partial charge is 0.411 e. The standard InChI is InChI=1S/C16H17N4O3/c17-14-7-3-12(9-19-14)10-20-15(21)8-4-11-1-5-13(6-2-11)23-16(18)22/h1-3,5-9H,4,10H2,(H2,17,19)(H2,18,22)(H,20,21). The van der Waals surface area contributed by atoms with Crippen LogP contribution in [0.1, 0.15) is 11.1 Å². The number of hydrogen-bond acceptors (Lipinski definition) is 5. The number of nitrogens with zero attached hydrogens (tertiary/aromatic N) is 1. The number of nitrogens with one attached hydrogen (secondary N) is 1. The van der Waals surface area contributed by atoms with E-state index in [0.29, 0.717) is 24.5 Å². The number of anilines is 1. The Morgan fingerprint density at radius 1 is 1.13 bits per heavy atom. The molecule has 7 nitrogen and oxygen atoms in total. The van der Waals surface area contributed by atoms with Gasteiger partial charge in [0.25, 0.3) is 0 Å². The van der Waals surface area contributed by atoms with Gasteiger partial charge in [0.15, 0.2) is 0 Å². The van der Waals surface area contributed by atoms with Gasteiger partial charge in [-0.3, -0.25) is 4.79 Å². The first-order valence-electron chi connectivity index (χ1n) is 6.90. The number of carbonyl (C=O) groups is 2. The zero-order chi connectivity index (χ0) is 16.7. The summed E-state index contributed by atoms with van der Waals surface area (Å²) in [5.74, 6) is 0.622. The maximum Gasteiger partial charge on any atom is 0.409 e. The van der Waals surface area contributed by atoms with Crippen LogP contribution in [0.4, 0.5) is 10.6 Å². The SMILES string of the molecule is NC(=O)Oc1ccc(C[CH]C(=O)NCc2ccc(N)nc2)cc1. The van der Waals surface area contributed by atoms with Crippen molar-refractivity contribution >= 4 is 17.8 Å². The van der Waals surface area contributed by atoms with Crippen molar-refractivity contribution in [3.63, 3.8) is 0 Å². The molecule has 0 bridgehead atoms. The minimum absolute atomic E-state index is 0.181. The van der Waals surface area contributed by atoms with Crippen LogP contribution in [0, 0.1) is 6.42 Å². The molecule has 0 saturated carbocycles. The second-order valence-corrected chi connectivity index (χ2v) is 4.78. The predicted molar refractivity (Wildman–Crippen MR) is 85.2 cm³/mol. The van der Waals surface area contributed by atoms with Gasteiger partial charge < -0.3 is 21.5 Å². The van der Waals surface area contributed by atoms with Gasteiger partial charge in [0, 0.05) is 12.7 Å². The Morgan fingerprint density at radius 2 is 1.83 bits per heavy atom. The van der Waals surface area contributed by atoms with Gasteiger partial charge in [-0.25, -0.2) is 9.78 Å². The first-order valence-corrected chi connectivity index (χ1v) is 6.90. The van der Waals surface area contributed by atoms with Gasteiger partial charge in [0.05, 0.1) is 6.42 Å². The number of pyridine rings is 1. The lowest BCUT2D eigenvalue weighted by Crippen LogP contribution is -2.23. The molecular formula is C16H17N4O3. The van der Waals surface area contributed by atoms with Crippen LogP contribution in [-0.4, -0.2) is 17.0 Å². The first kappa shape index (κ1) is 16.3. The number of ether oxygens (including phenoxy) is 1. The van der Waals surface area contributed by atoms with E-state index in [9.17, 15) is 9.59 Å². The highest BCUT2D eigenvalue weighted by Crippen LogP contribution is 2.13. The van der Waals surface area contributed by atoms with Gasteiger partial charge in [-0.05, 0) is 35.7 Å². The summed E-state index contributed by atoms with van der Waals surface area (Å²) in [5, 5.41) is 2.76. The summed E-state index contributed by atoms with van der Waals surface area (Å²) >= 11 is 0. The lowest BCUT2D eigenvalue weighted by molar-refractivity contribution is -0.118. The van der Waals surface area contributed by atoms with Crippen LogP contribution in [0.5, 0.6) is 5.75 Å². The second kappa shape index (κ2) is 7.79. The summed E-state index contributed by atoms with van der Waals surface area (Å²) in [4.78, 5) is 26.3. The zero-order valence-electron chi connectivity index (χ0n) is 12.4. The molecule has 0 saturated heterocycles. The normalized spacial score (nSPS) is 10.1. The highest BCUT2D eigenvalue weighted by atomic mass is 16.5. The van der Waals surface area contributed by atoms with E-state index in [2.05, 4.69) is 10.3 Å². The van der Waals surface area contributed by atoms with Crippen molar-refractivity contribution in [2.24, 2.45) is 5.73 Å². The highest BCUT2D eigenvalue weighted by molar-refractivity contribution is 5.84. The number of primary amides is 1. The third-order valence-electron chi connectivity index (χ3n) is 2.98. The molecule has 2 rings (SSSR count). The number of benzene rings is 1. The summed E-state index contributed by atoms with van der Waals surface area (Å²) in [5.41, 5.74) is 12.2. The summed E-state index contributed by atoms with van der Waals surface area (Å²) in [6, 6.07) is 10.2. The van der Waals surface area contributed by atoms with Crippen molar-refractivity contribution in [1.29, 1.82) is 0 Å². The van der Waals surface area contributed by atoms with Crippen molar-refractivity contribution in [3.8, 4) is 5.75 Å². The highest BCUT2D eigenvalue weighted by Gasteiger charge is 2.04. The predicted octanol–water partition coefficient (Wildman–Crippen LogP) is 1.18. The summed E-state index contributed by atoms with van der Waals surface area (Å²) in [7, 11) is 0. The summed E-state index contributed by atoms with van der Waals surface area (Å²) in [6.07, 6.45) is 2.76. The molecule has 0 aliphatic rings. The van der Waals surface area contributed by atoms with Crippen LogP contribution in [-0.2, 0) is 17.8 Å². The van der Waals surface area contributed by atoms with Gasteiger partial charge >= 0.3 is 6.09 Å². The molecule has 119 valence electrons. The Bertz CT molecular complexity index is 669. The molecule has 0 atom stereocenters. The third kappa shape index (κ3) is 5.66. The van der Waals surface area contributed by atoms with Gasteiger partial charge in [-0.1, -0.05) is 18.2 Å². The molecule has 0 spiro atoms. The first-order chi connectivity index (χ1) is 11.0. The van der Waals surface area contributed by atoms with Gasteiger partial charge in [0.2, 0.25) is 5.91 Å². The minimum atomic E-state index is -0.860. The molecule has 2 amide bonds. The molecule has 1 heterocycles. The van der Waals surface area contributed by atoms with E-state index in [1.54, 1.807) is 42.6 Å². The molecule has 5 N–H and O–H groups in total. The Kier molecular flexibility index (Phi) is 5.51. The van der Waals surface area contributed by atoms with E-state index in [4.69, 9.17) is 16.2 Å². The van der Waals surface area contributed by atoms with Crippen molar-refractivity contribution in [2.75, 3.05) is 5.73 Å². The molecular weight excluding hydrogens is 296 g/mol. The van der Waals surface area contributed by atoms with Crippen molar-refractivity contribution < 1.29 is 14.3 Å². The number of rotatable bonds is 6. The molecule has 1 aromatic heterocycles. The van der Waals surface area contributed by atoms with Gasteiger partial charge in [0.1, 0.15) is 11.6 Å². The van der Waals surface area contributed by atoms with E-state index in [0.717, 1.165) is 11.1 Å². The Labute approximate surface area is 133 Å². The van der Waals surface area contributed by atoms with Crippen molar-refractivity contribution in [3.05, 3.63) is 60.1 Å². The molecule has 2 aromatic rings. The molecule has 0 unspecified atom stereocenters. The molecule has 7 heteroatoms. The summed E-state index contributed by atoms with van der Waals surface area (Å²) < 4.78 is 4.73. The molecule has 23 heavy (non-hydrogen) atoms. The fraction of sp³-hybridized carbons (Fsp3) is 0.125. The maximum atomic E-state index is 11.8. The van der Waals surface area contributed by atoms with Crippen LogP contribution in [0.25, 0.3) is 0 Å². The monoisotopic (exact) mass is 313 g/mol. The molecule has 1 radical (unpaired) electrons. The second-order valence-electron chi connectivity index (χ2n) is 4.78. The van der Waals surface area contributed by atoms with Crippen LogP contribution in [0.3, 0.4) is 0 Å². The van der Waals surface area contributed by atoms with E-state index < -0.39 is 6.09 Å². The smallest absolute Gasteiger partial charge is 0.409 e. The van der Waals surface area contributed by atoms with E-state index >= 15 is 0 Å². The van der Waals surface area contributed by atoms with Crippen LogP contribution < -0.4 is 21.5 Å². The van der Waals surface area contributed by atoms with E-state index in [1.807, 2.05) is 0 Å². The fourth-order valence-corrected chi connectivity index (χ4v) is 1.82. The zero-order valence-corrected chi connectivity index (χ0v) is 12.4. The lowest BCUT2D eigenvalue weighted by atomic mass is 10.1. The number of carbonyl (C=O) groups excluding carboxylic acids is 2. The number of aromatic nitrogens is 1. The summed E-state index contributed by atoms with van der Waals surface area (Å²) in [6.45, 7) is 0.383. The van der Waals surface area contributed by atoms with E-state index in [-0.39, 0.29) is 5.91 Å².